The van der Waals surface area contributed by atoms with Crippen LogP contribution in [0.2, 0.25) is 0 Å². The molecule has 1 aliphatic heterocycles. The maximum absolute atomic E-state index is 11.9. The van der Waals surface area contributed by atoms with E-state index in [1.807, 2.05) is 36.4 Å². The number of piperazine rings is 1. The van der Waals surface area contributed by atoms with E-state index in [0.717, 1.165) is 44.8 Å². The van der Waals surface area contributed by atoms with Crippen molar-refractivity contribution >= 4 is 11.8 Å². The Balaban J connectivity index is 1.29. The van der Waals surface area contributed by atoms with E-state index in [1.54, 1.807) is 0 Å². The number of benzene rings is 2. The van der Waals surface area contributed by atoms with Crippen molar-refractivity contribution in [3.63, 3.8) is 0 Å². The standard InChI is InChI=1S/C22H28N4O2/c27-21(22(28)24-17-19-7-3-1-4-8-19)23-11-12-25-13-15-26(16-14-25)18-20-9-5-2-6-10-20/h1-10H,11-18H2,(H,23,27)(H,24,28). The lowest BCUT2D eigenvalue weighted by atomic mass is 10.2. The van der Waals surface area contributed by atoms with Crippen LogP contribution >= 0.6 is 0 Å². The highest BCUT2D eigenvalue weighted by Crippen LogP contribution is 2.08. The quantitative estimate of drug-likeness (QED) is 0.710. The molecule has 148 valence electrons. The highest BCUT2D eigenvalue weighted by atomic mass is 16.2. The summed E-state index contributed by atoms with van der Waals surface area (Å²) >= 11 is 0. The fraction of sp³-hybridized carbons (Fsp3) is 0.364. The van der Waals surface area contributed by atoms with Crippen molar-refractivity contribution in [3.05, 3.63) is 71.8 Å². The molecule has 6 nitrogen and oxygen atoms in total. The molecule has 2 N–H and O–H groups in total. The number of carbonyl (C=O) groups excluding carboxylic acids is 2. The molecule has 0 unspecified atom stereocenters. The van der Waals surface area contributed by atoms with Gasteiger partial charge in [0.05, 0.1) is 0 Å². The van der Waals surface area contributed by atoms with E-state index in [9.17, 15) is 9.59 Å². The lowest BCUT2D eigenvalue weighted by molar-refractivity contribution is -0.139. The van der Waals surface area contributed by atoms with Crippen molar-refractivity contribution in [2.45, 2.75) is 13.1 Å². The topological polar surface area (TPSA) is 64.7 Å². The molecule has 0 bridgehead atoms. The van der Waals surface area contributed by atoms with Crippen LogP contribution in [-0.2, 0) is 22.7 Å². The Kier molecular flexibility index (Phi) is 7.58. The van der Waals surface area contributed by atoms with E-state index < -0.39 is 11.8 Å². The van der Waals surface area contributed by atoms with Gasteiger partial charge in [-0.1, -0.05) is 60.7 Å². The summed E-state index contributed by atoms with van der Waals surface area (Å²) in [6.07, 6.45) is 0. The van der Waals surface area contributed by atoms with Crippen molar-refractivity contribution in [2.75, 3.05) is 39.3 Å². The summed E-state index contributed by atoms with van der Waals surface area (Å²) in [6, 6.07) is 20.1. The van der Waals surface area contributed by atoms with E-state index in [-0.39, 0.29) is 0 Å². The van der Waals surface area contributed by atoms with Crippen molar-refractivity contribution in [2.24, 2.45) is 0 Å². The van der Waals surface area contributed by atoms with Gasteiger partial charge in [0.1, 0.15) is 0 Å². The maximum Gasteiger partial charge on any atom is 0.309 e. The Hall–Kier alpha value is -2.70. The predicted octanol–water partition coefficient (Wildman–Crippen LogP) is 1.24. The summed E-state index contributed by atoms with van der Waals surface area (Å²) in [5.41, 5.74) is 2.31. The first-order valence-corrected chi connectivity index (χ1v) is 9.79. The Morgan fingerprint density at radius 3 is 1.89 bits per heavy atom. The van der Waals surface area contributed by atoms with Crippen LogP contribution in [0.3, 0.4) is 0 Å². The van der Waals surface area contributed by atoms with Gasteiger partial charge in [-0.25, -0.2) is 0 Å². The van der Waals surface area contributed by atoms with Crippen LogP contribution in [-0.4, -0.2) is 60.9 Å². The van der Waals surface area contributed by atoms with E-state index in [4.69, 9.17) is 0 Å². The van der Waals surface area contributed by atoms with Crippen LogP contribution in [0.15, 0.2) is 60.7 Å². The molecule has 2 aromatic carbocycles. The fourth-order valence-corrected chi connectivity index (χ4v) is 3.28. The van der Waals surface area contributed by atoms with E-state index in [2.05, 4.69) is 44.7 Å². The van der Waals surface area contributed by atoms with Gasteiger partial charge in [0.2, 0.25) is 0 Å². The minimum atomic E-state index is -0.587. The molecule has 1 saturated heterocycles. The molecule has 28 heavy (non-hydrogen) atoms. The number of nitrogens with one attached hydrogen (secondary N) is 2. The SMILES string of the molecule is O=C(NCCN1CCN(Cc2ccccc2)CC1)C(=O)NCc1ccccc1. The van der Waals surface area contributed by atoms with E-state index >= 15 is 0 Å². The number of hydrogen-bond donors (Lipinski definition) is 2. The van der Waals surface area contributed by atoms with Gasteiger partial charge in [-0.15, -0.1) is 0 Å². The minimum Gasteiger partial charge on any atom is -0.347 e. The second-order valence-electron chi connectivity index (χ2n) is 7.03. The molecule has 0 spiro atoms. The molecule has 0 aliphatic carbocycles. The molecule has 2 amide bonds. The average Bonchev–Trinajstić information content (AvgIpc) is 2.74. The van der Waals surface area contributed by atoms with Crippen LogP contribution < -0.4 is 10.6 Å². The van der Waals surface area contributed by atoms with Gasteiger partial charge < -0.3 is 10.6 Å². The van der Waals surface area contributed by atoms with Gasteiger partial charge in [0.25, 0.3) is 0 Å². The third kappa shape index (κ3) is 6.48. The Morgan fingerprint density at radius 2 is 1.25 bits per heavy atom. The van der Waals surface area contributed by atoms with Crippen molar-refractivity contribution in [1.82, 2.24) is 20.4 Å². The predicted molar refractivity (Wildman–Crippen MR) is 109 cm³/mol. The molecule has 3 rings (SSSR count). The molecule has 1 fully saturated rings. The molecule has 0 saturated carbocycles. The summed E-state index contributed by atoms with van der Waals surface area (Å²) in [5.74, 6) is -1.16. The summed E-state index contributed by atoms with van der Waals surface area (Å²) in [5, 5.41) is 5.36. The number of nitrogens with zero attached hydrogens (tertiary/aromatic N) is 2. The molecule has 0 radical (unpaired) electrons. The van der Waals surface area contributed by atoms with Crippen LogP contribution in [0.4, 0.5) is 0 Å². The Labute approximate surface area is 166 Å². The first-order valence-electron chi connectivity index (χ1n) is 9.79. The summed E-state index contributed by atoms with van der Waals surface area (Å²) in [4.78, 5) is 28.6. The fourth-order valence-electron chi connectivity index (χ4n) is 3.28. The molecule has 6 heteroatoms. The summed E-state index contributed by atoms with van der Waals surface area (Å²) in [6.45, 7) is 6.56. The largest absolute Gasteiger partial charge is 0.347 e. The molecule has 1 aliphatic rings. The molecule has 0 atom stereocenters. The molecular formula is C22H28N4O2. The zero-order valence-corrected chi connectivity index (χ0v) is 16.1. The smallest absolute Gasteiger partial charge is 0.309 e. The summed E-state index contributed by atoms with van der Waals surface area (Å²) < 4.78 is 0. The van der Waals surface area contributed by atoms with Gasteiger partial charge >= 0.3 is 11.8 Å². The molecule has 2 aromatic rings. The van der Waals surface area contributed by atoms with Gasteiger partial charge in [0, 0.05) is 52.4 Å². The highest BCUT2D eigenvalue weighted by molar-refractivity contribution is 6.35. The van der Waals surface area contributed by atoms with Gasteiger partial charge in [-0.3, -0.25) is 19.4 Å². The number of carbonyl (C=O) groups is 2. The third-order valence-electron chi connectivity index (χ3n) is 4.93. The van der Waals surface area contributed by atoms with Crippen LogP contribution in [0.5, 0.6) is 0 Å². The Morgan fingerprint density at radius 1 is 0.714 bits per heavy atom. The van der Waals surface area contributed by atoms with Crippen LogP contribution in [0.1, 0.15) is 11.1 Å². The highest BCUT2D eigenvalue weighted by Gasteiger charge is 2.18. The van der Waals surface area contributed by atoms with Crippen molar-refractivity contribution in [1.29, 1.82) is 0 Å². The molecular weight excluding hydrogens is 352 g/mol. The lowest BCUT2D eigenvalue weighted by Crippen LogP contribution is -2.49. The molecule has 0 aromatic heterocycles. The zero-order valence-electron chi connectivity index (χ0n) is 16.1. The normalized spacial score (nSPS) is 15.1. The second-order valence-corrected chi connectivity index (χ2v) is 7.03. The van der Waals surface area contributed by atoms with Gasteiger partial charge in [-0.2, -0.15) is 0 Å². The zero-order chi connectivity index (χ0) is 19.6. The first kappa shape index (κ1) is 20.0. The molecule has 1 heterocycles. The maximum atomic E-state index is 11.9. The third-order valence-corrected chi connectivity index (χ3v) is 4.93. The van der Waals surface area contributed by atoms with Gasteiger partial charge in [0.15, 0.2) is 0 Å². The average molecular weight is 380 g/mol. The minimum absolute atomic E-state index is 0.358. The second kappa shape index (κ2) is 10.6. The van der Waals surface area contributed by atoms with Crippen molar-refractivity contribution < 1.29 is 9.59 Å². The van der Waals surface area contributed by atoms with Crippen LogP contribution in [0, 0.1) is 0 Å². The monoisotopic (exact) mass is 380 g/mol. The van der Waals surface area contributed by atoms with Crippen molar-refractivity contribution in [3.8, 4) is 0 Å². The van der Waals surface area contributed by atoms with E-state index in [1.165, 1.54) is 5.56 Å². The lowest BCUT2D eigenvalue weighted by Gasteiger charge is -2.34. The Bertz CT molecular complexity index is 744. The summed E-state index contributed by atoms with van der Waals surface area (Å²) in [7, 11) is 0. The number of rotatable bonds is 7. The van der Waals surface area contributed by atoms with E-state index in [0.29, 0.717) is 13.1 Å². The number of amides is 2. The number of hydrogen-bond acceptors (Lipinski definition) is 4. The van der Waals surface area contributed by atoms with Crippen LogP contribution in [0.25, 0.3) is 0 Å². The first-order chi connectivity index (χ1) is 13.7. The van der Waals surface area contributed by atoms with Gasteiger partial charge in [-0.05, 0) is 11.1 Å².